The highest BCUT2D eigenvalue weighted by atomic mass is 32.1. The van der Waals surface area contributed by atoms with Gasteiger partial charge in [-0.3, -0.25) is 4.79 Å². The van der Waals surface area contributed by atoms with Gasteiger partial charge in [-0.05, 0) is 12.6 Å². The van der Waals surface area contributed by atoms with Crippen LogP contribution in [0.4, 0.5) is 0 Å². The Kier molecular flexibility index (Phi) is 4.06. The summed E-state index contributed by atoms with van der Waals surface area (Å²) in [5.41, 5.74) is 5.17. The third-order valence-electron chi connectivity index (χ3n) is 1.06. The van der Waals surface area contributed by atoms with E-state index in [4.69, 9.17) is 16.2 Å². The third-order valence-corrected chi connectivity index (χ3v) is 1.59. The van der Waals surface area contributed by atoms with E-state index in [1.807, 2.05) is 0 Å². The van der Waals surface area contributed by atoms with Gasteiger partial charge in [0.15, 0.2) is 0 Å². The SMILES string of the molecule is N=CCC(S)[C@H](N)C(=O)O. The summed E-state index contributed by atoms with van der Waals surface area (Å²) in [6.45, 7) is 0. The van der Waals surface area contributed by atoms with Crippen molar-refractivity contribution < 1.29 is 9.90 Å². The first kappa shape index (κ1) is 9.45. The van der Waals surface area contributed by atoms with Crippen molar-refractivity contribution in [3.63, 3.8) is 0 Å². The van der Waals surface area contributed by atoms with Crippen molar-refractivity contribution >= 4 is 24.8 Å². The van der Waals surface area contributed by atoms with E-state index in [0.717, 1.165) is 6.21 Å². The van der Waals surface area contributed by atoms with Crippen LogP contribution in [-0.4, -0.2) is 28.6 Å². The standard InChI is InChI=1S/C5H10N2O2S/c6-2-1-3(10)4(7)5(8)9/h2-4,6,10H,1,7H2,(H,8,9)/t3?,4-/m0/s1. The number of hydrogen-bond acceptors (Lipinski definition) is 4. The van der Waals surface area contributed by atoms with Crippen molar-refractivity contribution in [2.24, 2.45) is 5.73 Å². The molecule has 0 radical (unpaired) electrons. The molecule has 0 saturated heterocycles. The Hall–Kier alpha value is -0.550. The predicted molar refractivity (Wildman–Crippen MR) is 41.8 cm³/mol. The molecule has 10 heavy (non-hydrogen) atoms. The summed E-state index contributed by atoms with van der Waals surface area (Å²) in [6, 6.07) is -0.982. The molecule has 58 valence electrons. The van der Waals surface area contributed by atoms with Crippen LogP contribution in [-0.2, 0) is 4.79 Å². The van der Waals surface area contributed by atoms with Crippen molar-refractivity contribution in [2.75, 3.05) is 0 Å². The molecule has 4 nitrogen and oxygen atoms in total. The van der Waals surface area contributed by atoms with Gasteiger partial charge >= 0.3 is 5.97 Å². The van der Waals surface area contributed by atoms with Crippen LogP contribution in [0.2, 0.25) is 0 Å². The van der Waals surface area contributed by atoms with Gasteiger partial charge in [0.2, 0.25) is 0 Å². The second kappa shape index (κ2) is 4.29. The fourth-order valence-corrected chi connectivity index (χ4v) is 0.665. The van der Waals surface area contributed by atoms with Gasteiger partial charge in [0.25, 0.3) is 0 Å². The van der Waals surface area contributed by atoms with Crippen LogP contribution in [0, 0.1) is 5.41 Å². The van der Waals surface area contributed by atoms with Crippen LogP contribution in [0.15, 0.2) is 0 Å². The molecule has 2 atom stereocenters. The Labute approximate surface area is 64.3 Å². The van der Waals surface area contributed by atoms with Gasteiger partial charge in [-0.1, -0.05) is 0 Å². The molecule has 0 aromatic heterocycles. The van der Waals surface area contributed by atoms with Crippen molar-refractivity contribution in [3.8, 4) is 0 Å². The lowest BCUT2D eigenvalue weighted by Crippen LogP contribution is -2.39. The molecule has 0 aliphatic rings. The summed E-state index contributed by atoms with van der Waals surface area (Å²) >= 11 is 3.89. The summed E-state index contributed by atoms with van der Waals surface area (Å²) in [4.78, 5) is 10.2. The van der Waals surface area contributed by atoms with Gasteiger partial charge in [0.1, 0.15) is 6.04 Å². The quantitative estimate of drug-likeness (QED) is 0.339. The number of thiol groups is 1. The molecule has 0 aliphatic carbocycles. The van der Waals surface area contributed by atoms with Crippen LogP contribution >= 0.6 is 12.6 Å². The minimum absolute atomic E-state index is 0.288. The van der Waals surface area contributed by atoms with E-state index < -0.39 is 17.3 Å². The molecule has 0 aromatic rings. The summed E-state index contributed by atoms with van der Waals surface area (Å²) in [5.74, 6) is -1.08. The monoisotopic (exact) mass is 162 g/mol. The molecule has 0 amide bonds. The first-order valence-electron chi connectivity index (χ1n) is 2.75. The Bertz CT molecular complexity index is 140. The molecular formula is C5H10N2O2S. The van der Waals surface area contributed by atoms with E-state index in [9.17, 15) is 4.79 Å². The minimum Gasteiger partial charge on any atom is -0.480 e. The van der Waals surface area contributed by atoms with Gasteiger partial charge in [-0.2, -0.15) is 12.6 Å². The zero-order valence-corrected chi connectivity index (χ0v) is 6.21. The van der Waals surface area contributed by atoms with Crippen LogP contribution in [0.25, 0.3) is 0 Å². The third kappa shape index (κ3) is 2.84. The lowest BCUT2D eigenvalue weighted by Gasteiger charge is -2.11. The summed E-state index contributed by atoms with van der Waals surface area (Å²) in [6.07, 6.45) is 1.39. The number of nitrogens with two attached hydrogens (primary N) is 1. The van der Waals surface area contributed by atoms with Gasteiger partial charge in [-0.25, -0.2) is 0 Å². The van der Waals surface area contributed by atoms with E-state index in [-0.39, 0.29) is 6.42 Å². The lowest BCUT2D eigenvalue weighted by molar-refractivity contribution is -0.138. The van der Waals surface area contributed by atoms with Crippen LogP contribution in [0.5, 0.6) is 0 Å². The topological polar surface area (TPSA) is 87.2 Å². The fourth-order valence-electron chi connectivity index (χ4n) is 0.432. The highest BCUT2D eigenvalue weighted by Gasteiger charge is 2.19. The molecule has 0 heterocycles. The van der Waals surface area contributed by atoms with Crippen molar-refractivity contribution in [1.29, 1.82) is 5.41 Å². The van der Waals surface area contributed by atoms with E-state index in [2.05, 4.69) is 12.6 Å². The van der Waals surface area contributed by atoms with E-state index >= 15 is 0 Å². The van der Waals surface area contributed by atoms with Crippen molar-refractivity contribution in [3.05, 3.63) is 0 Å². The van der Waals surface area contributed by atoms with E-state index in [1.165, 1.54) is 0 Å². The molecule has 5 heteroatoms. The van der Waals surface area contributed by atoms with Gasteiger partial charge in [0, 0.05) is 5.25 Å². The number of rotatable bonds is 4. The first-order valence-corrected chi connectivity index (χ1v) is 3.26. The van der Waals surface area contributed by atoms with E-state index in [0.29, 0.717) is 0 Å². The first-order chi connectivity index (χ1) is 4.59. The highest BCUT2D eigenvalue weighted by Crippen LogP contribution is 2.03. The van der Waals surface area contributed by atoms with E-state index in [1.54, 1.807) is 0 Å². The predicted octanol–water partition coefficient (Wildman–Crippen LogP) is -0.264. The zero-order valence-electron chi connectivity index (χ0n) is 5.32. The van der Waals surface area contributed by atoms with Crippen LogP contribution in [0.1, 0.15) is 6.42 Å². The Morgan fingerprint density at radius 3 is 2.70 bits per heavy atom. The molecule has 1 unspecified atom stereocenters. The highest BCUT2D eigenvalue weighted by molar-refractivity contribution is 7.81. The van der Waals surface area contributed by atoms with Gasteiger partial charge < -0.3 is 16.2 Å². The molecule has 4 N–H and O–H groups in total. The average Bonchev–Trinajstić information content (AvgIpc) is 1.87. The van der Waals surface area contributed by atoms with Gasteiger partial charge in [0.05, 0.1) is 0 Å². The number of hydrogen-bond donors (Lipinski definition) is 4. The second-order valence-corrected chi connectivity index (χ2v) is 2.53. The fraction of sp³-hybridized carbons (Fsp3) is 0.600. The normalized spacial score (nSPS) is 15.8. The molecule has 0 aromatic carbocycles. The maximum atomic E-state index is 10.2. The number of aliphatic carboxylic acids is 1. The van der Waals surface area contributed by atoms with Gasteiger partial charge in [-0.15, -0.1) is 0 Å². The van der Waals surface area contributed by atoms with Crippen LogP contribution < -0.4 is 5.73 Å². The zero-order chi connectivity index (χ0) is 8.15. The number of carboxylic acid groups (broad SMARTS) is 1. The second-order valence-electron chi connectivity index (χ2n) is 1.87. The number of carboxylic acids is 1. The summed E-state index contributed by atoms with van der Waals surface area (Å²) in [7, 11) is 0. The maximum Gasteiger partial charge on any atom is 0.321 e. The Morgan fingerprint density at radius 2 is 2.40 bits per heavy atom. The molecular weight excluding hydrogens is 152 g/mol. The average molecular weight is 162 g/mol. The Morgan fingerprint density at radius 1 is 1.90 bits per heavy atom. The minimum atomic E-state index is -1.08. The summed E-state index contributed by atoms with van der Waals surface area (Å²) < 4.78 is 0. The molecule has 0 fully saturated rings. The Balaban J connectivity index is 3.80. The molecule has 0 spiro atoms. The number of nitrogens with one attached hydrogen (secondary N) is 1. The smallest absolute Gasteiger partial charge is 0.321 e. The lowest BCUT2D eigenvalue weighted by atomic mass is 10.2. The molecule has 0 aliphatic heterocycles. The summed E-state index contributed by atoms with van der Waals surface area (Å²) in [5, 5.41) is 14.5. The van der Waals surface area contributed by atoms with Crippen molar-refractivity contribution in [2.45, 2.75) is 17.7 Å². The molecule has 0 bridgehead atoms. The number of carbonyl (C=O) groups is 1. The maximum absolute atomic E-state index is 10.2. The molecule has 0 saturated carbocycles. The van der Waals surface area contributed by atoms with Crippen molar-refractivity contribution in [1.82, 2.24) is 0 Å². The molecule has 0 rings (SSSR count). The van der Waals surface area contributed by atoms with Crippen LogP contribution in [0.3, 0.4) is 0 Å². The largest absolute Gasteiger partial charge is 0.480 e.